The molecule has 34 heavy (non-hydrogen) atoms. The summed E-state index contributed by atoms with van der Waals surface area (Å²) in [6, 6.07) is 24.1. The van der Waals surface area contributed by atoms with Crippen molar-refractivity contribution >= 4 is 27.6 Å². The second-order valence-corrected chi connectivity index (χ2v) is 9.44. The quantitative estimate of drug-likeness (QED) is 0.279. The van der Waals surface area contributed by atoms with E-state index in [1.165, 1.54) is 24.3 Å². The van der Waals surface area contributed by atoms with Crippen LogP contribution in [0.25, 0.3) is 0 Å². The molecule has 1 saturated carbocycles. The molecular weight excluding hydrogens is 454 g/mol. The van der Waals surface area contributed by atoms with E-state index < -0.39 is 28.5 Å². The van der Waals surface area contributed by atoms with E-state index in [9.17, 15) is 18.0 Å². The Morgan fingerprint density at radius 3 is 1.91 bits per heavy atom. The van der Waals surface area contributed by atoms with E-state index in [1.807, 2.05) is 60.7 Å². The van der Waals surface area contributed by atoms with E-state index in [4.69, 9.17) is 4.74 Å². The summed E-state index contributed by atoms with van der Waals surface area (Å²) in [5.74, 6) is -1.35. The van der Waals surface area contributed by atoms with Crippen molar-refractivity contribution in [3.8, 4) is 0 Å². The third-order valence-corrected chi connectivity index (χ3v) is 6.56. The molecule has 1 aliphatic carbocycles. The molecule has 3 aromatic rings. The van der Waals surface area contributed by atoms with Gasteiger partial charge in [-0.25, -0.2) is 23.4 Å². The van der Waals surface area contributed by atoms with E-state index in [1.54, 1.807) is 0 Å². The average Bonchev–Trinajstić information content (AvgIpc) is 3.67. The minimum atomic E-state index is -3.61. The number of hydrogen-bond donors (Lipinski definition) is 2. The third kappa shape index (κ3) is 6.15. The second-order valence-electron chi connectivity index (χ2n) is 7.72. The number of nitrogens with zero attached hydrogens (tertiary/aromatic N) is 1. The molecular formula is C25H23N3O5S. The molecule has 8 nitrogen and oxygen atoms in total. The van der Waals surface area contributed by atoms with Gasteiger partial charge in [-0.3, -0.25) is 4.79 Å². The number of hydrogen-bond acceptors (Lipinski definition) is 6. The Hall–Kier alpha value is -3.82. The zero-order chi connectivity index (χ0) is 24.0. The van der Waals surface area contributed by atoms with Crippen molar-refractivity contribution in [2.45, 2.75) is 23.8 Å². The molecule has 2 N–H and O–H groups in total. The van der Waals surface area contributed by atoms with Gasteiger partial charge in [0.1, 0.15) is 0 Å². The molecule has 9 heteroatoms. The SMILES string of the molecule is O=C(COC(=O)c1ccc(S(=O)(=O)NC2CC2)cc1)NN=C(c1ccccc1)c1ccccc1. The predicted molar refractivity (Wildman–Crippen MR) is 127 cm³/mol. The second kappa shape index (κ2) is 10.4. The minimum Gasteiger partial charge on any atom is -0.452 e. The lowest BCUT2D eigenvalue weighted by molar-refractivity contribution is -0.124. The molecule has 0 unspecified atom stereocenters. The summed E-state index contributed by atoms with van der Waals surface area (Å²) in [4.78, 5) is 24.6. The number of esters is 1. The number of hydrazone groups is 1. The highest BCUT2D eigenvalue weighted by atomic mass is 32.2. The maximum Gasteiger partial charge on any atom is 0.338 e. The van der Waals surface area contributed by atoms with Gasteiger partial charge in [0.2, 0.25) is 10.0 Å². The van der Waals surface area contributed by atoms with Crippen LogP contribution in [-0.2, 0) is 19.6 Å². The Labute approximate surface area is 197 Å². The van der Waals surface area contributed by atoms with Crippen LogP contribution in [-0.4, -0.2) is 38.7 Å². The lowest BCUT2D eigenvalue weighted by Crippen LogP contribution is -2.26. The van der Waals surface area contributed by atoms with Gasteiger partial charge in [-0.1, -0.05) is 60.7 Å². The zero-order valence-corrected chi connectivity index (χ0v) is 19.0. The molecule has 0 radical (unpaired) electrons. The Bertz CT molecular complexity index is 1250. The highest BCUT2D eigenvalue weighted by Gasteiger charge is 2.28. The molecule has 0 heterocycles. The fourth-order valence-corrected chi connectivity index (χ4v) is 4.42. The van der Waals surface area contributed by atoms with Gasteiger partial charge in [-0.2, -0.15) is 5.10 Å². The molecule has 1 aliphatic rings. The van der Waals surface area contributed by atoms with Gasteiger partial charge in [0.15, 0.2) is 6.61 Å². The molecule has 0 bridgehead atoms. The van der Waals surface area contributed by atoms with Crippen molar-refractivity contribution in [2.24, 2.45) is 5.10 Å². The summed E-state index contributed by atoms with van der Waals surface area (Å²) >= 11 is 0. The summed E-state index contributed by atoms with van der Waals surface area (Å²) in [5.41, 5.74) is 4.76. The number of nitrogens with one attached hydrogen (secondary N) is 2. The highest BCUT2D eigenvalue weighted by Crippen LogP contribution is 2.22. The third-order valence-electron chi connectivity index (χ3n) is 5.02. The van der Waals surface area contributed by atoms with Crippen LogP contribution in [0.1, 0.15) is 34.3 Å². The summed E-state index contributed by atoms with van der Waals surface area (Å²) in [6.45, 7) is -0.539. The number of carbonyl (C=O) groups excluding carboxylic acids is 2. The number of sulfonamides is 1. The maximum atomic E-state index is 12.3. The number of ether oxygens (including phenoxy) is 1. The maximum absolute atomic E-state index is 12.3. The zero-order valence-electron chi connectivity index (χ0n) is 18.2. The van der Waals surface area contributed by atoms with E-state index in [0.29, 0.717) is 5.71 Å². The average molecular weight is 478 g/mol. The van der Waals surface area contributed by atoms with Crippen LogP contribution in [0.5, 0.6) is 0 Å². The van der Waals surface area contributed by atoms with Crippen molar-refractivity contribution in [3.63, 3.8) is 0 Å². The van der Waals surface area contributed by atoms with Gasteiger partial charge in [0, 0.05) is 17.2 Å². The first-order valence-electron chi connectivity index (χ1n) is 10.7. The molecule has 4 rings (SSSR count). The molecule has 174 valence electrons. The van der Waals surface area contributed by atoms with E-state index in [-0.39, 0.29) is 16.5 Å². The first-order valence-corrected chi connectivity index (χ1v) is 12.2. The van der Waals surface area contributed by atoms with Crippen LogP contribution < -0.4 is 10.1 Å². The molecule has 0 aliphatic heterocycles. The predicted octanol–water partition coefficient (Wildman–Crippen LogP) is 2.85. The summed E-state index contributed by atoms with van der Waals surface area (Å²) in [7, 11) is -3.61. The van der Waals surface area contributed by atoms with Gasteiger partial charge in [0.25, 0.3) is 5.91 Å². The van der Waals surface area contributed by atoms with Gasteiger partial charge in [-0.15, -0.1) is 0 Å². The molecule has 1 amide bonds. The van der Waals surface area contributed by atoms with Crippen LogP contribution in [0.4, 0.5) is 0 Å². The van der Waals surface area contributed by atoms with Crippen LogP contribution in [0.15, 0.2) is 94.9 Å². The molecule has 0 aromatic heterocycles. The molecule has 0 spiro atoms. The topological polar surface area (TPSA) is 114 Å². The smallest absolute Gasteiger partial charge is 0.338 e. The Kier molecular flexibility index (Phi) is 7.15. The number of benzene rings is 3. The van der Waals surface area contributed by atoms with E-state index in [0.717, 1.165) is 24.0 Å². The van der Waals surface area contributed by atoms with Crippen molar-refractivity contribution in [1.82, 2.24) is 10.1 Å². The largest absolute Gasteiger partial charge is 0.452 e. The Morgan fingerprint density at radius 1 is 0.824 bits per heavy atom. The Morgan fingerprint density at radius 2 is 1.38 bits per heavy atom. The highest BCUT2D eigenvalue weighted by molar-refractivity contribution is 7.89. The van der Waals surface area contributed by atoms with Crippen LogP contribution in [0.3, 0.4) is 0 Å². The molecule has 0 saturated heterocycles. The van der Waals surface area contributed by atoms with Gasteiger partial charge in [-0.05, 0) is 37.1 Å². The van der Waals surface area contributed by atoms with Crippen molar-refractivity contribution in [2.75, 3.05) is 6.61 Å². The van der Waals surface area contributed by atoms with Gasteiger partial charge >= 0.3 is 5.97 Å². The molecule has 1 fully saturated rings. The van der Waals surface area contributed by atoms with Crippen LogP contribution in [0.2, 0.25) is 0 Å². The molecule has 0 atom stereocenters. The molecule has 3 aromatic carbocycles. The first kappa shape index (κ1) is 23.3. The van der Waals surface area contributed by atoms with Gasteiger partial charge in [0.05, 0.1) is 16.2 Å². The number of rotatable bonds is 9. The fraction of sp³-hybridized carbons (Fsp3) is 0.160. The lowest BCUT2D eigenvalue weighted by atomic mass is 10.0. The van der Waals surface area contributed by atoms with Crippen molar-refractivity contribution in [1.29, 1.82) is 0 Å². The monoisotopic (exact) mass is 477 g/mol. The summed E-state index contributed by atoms with van der Waals surface area (Å²) < 4.78 is 32.1. The standard InChI is InChI=1S/C25H23N3O5S/c29-23(26-27-24(18-7-3-1-4-8-18)19-9-5-2-6-10-19)17-33-25(30)20-11-15-22(16-12-20)34(31,32)28-21-13-14-21/h1-12,15-16,21,28H,13-14,17H2,(H,26,29). The number of carbonyl (C=O) groups is 2. The summed E-state index contributed by atoms with van der Waals surface area (Å²) in [5, 5.41) is 4.23. The minimum absolute atomic E-state index is 0.0138. The van der Waals surface area contributed by atoms with Crippen molar-refractivity contribution < 1.29 is 22.7 Å². The van der Waals surface area contributed by atoms with Crippen LogP contribution in [0, 0.1) is 0 Å². The Balaban J connectivity index is 1.36. The summed E-state index contributed by atoms with van der Waals surface area (Å²) in [6.07, 6.45) is 1.65. The fourth-order valence-electron chi connectivity index (χ4n) is 3.11. The van der Waals surface area contributed by atoms with E-state index >= 15 is 0 Å². The van der Waals surface area contributed by atoms with Crippen molar-refractivity contribution in [3.05, 3.63) is 102 Å². The van der Waals surface area contributed by atoms with Crippen LogP contribution >= 0.6 is 0 Å². The number of amides is 1. The first-order chi connectivity index (χ1) is 16.4. The van der Waals surface area contributed by atoms with E-state index in [2.05, 4.69) is 15.2 Å². The lowest BCUT2D eigenvalue weighted by Gasteiger charge is -2.09. The van der Waals surface area contributed by atoms with Gasteiger partial charge < -0.3 is 4.74 Å². The normalized spacial score (nSPS) is 13.1.